The number of rotatable bonds is 4. The van der Waals surface area contributed by atoms with Crippen molar-refractivity contribution < 1.29 is 9.53 Å². The summed E-state index contributed by atoms with van der Waals surface area (Å²) in [6.45, 7) is 0.143. The number of halogens is 1. The number of nitrogens with two attached hydrogens (primary N) is 1. The average Bonchev–Trinajstić information content (AvgIpc) is 2.17. The molecule has 0 aliphatic carbocycles. The SMILES string of the molecule is N#Cc1c(Cl)cccc1OCCC(N)=O. The molecule has 1 amide bonds. The minimum atomic E-state index is -0.449. The van der Waals surface area contributed by atoms with Gasteiger partial charge < -0.3 is 10.5 Å². The van der Waals surface area contributed by atoms with Crippen molar-refractivity contribution in [2.75, 3.05) is 6.61 Å². The Balaban J connectivity index is 2.73. The molecule has 1 rings (SSSR count). The summed E-state index contributed by atoms with van der Waals surface area (Å²) in [5.74, 6) is -0.0817. The molecule has 4 nitrogen and oxygen atoms in total. The molecule has 5 heteroatoms. The summed E-state index contributed by atoms with van der Waals surface area (Å²) >= 11 is 5.78. The molecule has 0 saturated carbocycles. The van der Waals surface area contributed by atoms with Gasteiger partial charge in [0.05, 0.1) is 18.1 Å². The molecule has 0 fully saturated rings. The second-order valence-corrected chi connectivity index (χ2v) is 3.20. The third kappa shape index (κ3) is 3.15. The van der Waals surface area contributed by atoms with Crippen LogP contribution in [-0.4, -0.2) is 12.5 Å². The second kappa shape index (κ2) is 5.23. The monoisotopic (exact) mass is 224 g/mol. The highest BCUT2D eigenvalue weighted by molar-refractivity contribution is 6.31. The van der Waals surface area contributed by atoms with Crippen molar-refractivity contribution in [1.82, 2.24) is 0 Å². The van der Waals surface area contributed by atoms with Gasteiger partial charge in [0.15, 0.2) is 0 Å². The van der Waals surface area contributed by atoms with Crippen molar-refractivity contribution in [1.29, 1.82) is 5.26 Å². The summed E-state index contributed by atoms with van der Waals surface area (Å²) in [5.41, 5.74) is 5.21. The van der Waals surface area contributed by atoms with Crippen LogP contribution in [0.15, 0.2) is 18.2 Å². The third-order valence-electron chi connectivity index (χ3n) is 1.69. The fourth-order valence-corrected chi connectivity index (χ4v) is 1.20. The standard InChI is InChI=1S/C10H9ClN2O2/c11-8-2-1-3-9(7(8)6-12)15-5-4-10(13)14/h1-3H,4-5H2,(H2,13,14). The van der Waals surface area contributed by atoms with E-state index in [4.69, 9.17) is 27.3 Å². The van der Waals surface area contributed by atoms with Crippen LogP contribution in [0.25, 0.3) is 0 Å². The Labute approximate surface area is 92.2 Å². The maximum atomic E-state index is 10.5. The number of benzene rings is 1. The minimum absolute atomic E-state index is 0.109. The number of nitrogens with zero attached hydrogens (tertiary/aromatic N) is 1. The van der Waals surface area contributed by atoms with Crippen LogP contribution in [0.2, 0.25) is 5.02 Å². The van der Waals surface area contributed by atoms with Gasteiger partial charge in [-0.05, 0) is 12.1 Å². The molecule has 2 N–H and O–H groups in total. The molecule has 0 radical (unpaired) electrons. The van der Waals surface area contributed by atoms with Gasteiger partial charge in [0.2, 0.25) is 5.91 Å². The number of carbonyl (C=O) groups excluding carboxylic acids is 1. The summed E-state index contributed by atoms with van der Waals surface area (Å²) in [4.78, 5) is 10.5. The lowest BCUT2D eigenvalue weighted by atomic mass is 10.2. The molecule has 0 aliphatic heterocycles. The first-order valence-corrected chi connectivity index (χ1v) is 4.62. The Bertz CT molecular complexity index is 412. The smallest absolute Gasteiger partial charge is 0.220 e. The summed E-state index contributed by atoms with van der Waals surface area (Å²) in [5, 5.41) is 9.13. The molecule has 78 valence electrons. The molecule has 0 aromatic heterocycles. The maximum absolute atomic E-state index is 10.5. The molecule has 1 aromatic carbocycles. The Hall–Kier alpha value is -1.73. The zero-order valence-corrected chi connectivity index (χ0v) is 8.62. The number of amides is 1. The number of primary amides is 1. The van der Waals surface area contributed by atoms with Gasteiger partial charge in [-0.1, -0.05) is 17.7 Å². The largest absolute Gasteiger partial charge is 0.492 e. The van der Waals surface area contributed by atoms with E-state index in [9.17, 15) is 4.79 Å². The number of nitriles is 1. The normalized spacial score (nSPS) is 9.33. The quantitative estimate of drug-likeness (QED) is 0.841. The molecule has 0 bridgehead atoms. The van der Waals surface area contributed by atoms with E-state index in [1.807, 2.05) is 6.07 Å². The zero-order chi connectivity index (χ0) is 11.3. The molecule has 0 aliphatic rings. The van der Waals surface area contributed by atoms with Crippen LogP contribution in [0.4, 0.5) is 0 Å². The summed E-state index contributed by atoms with van der Waals surface area (Å²) < 4.78 is 5.21. The number of hydrogen-bond donors (Lipinski definition) is 1. The van der Waals surface area contributed by atoms with Gasteiger partial charge in [-0.15, -0.1) is 0 Å². The van der Waals surface area contributed by atoms with Crippen LogP contribution in [0.3, 0.4) is 0 Å². The van der Waals surface area contributed by atoms with E-state index in [-0.39, 0.29) is 18.6 Å². The van der Waals surface area contributed by atoms with E-state index in [0.29, 0.717) is 10.8 Å². The zero-order valence-electron chi connectivity index (χ0n) is 7.87. The Morgan fingerprint density at radius 3 is 2.93 bits per heavy atom. The highest BCUT2D eigenvalue weighted by Crippen LogP contribution is 2.25. The minimum Gasteiger partial charge on any atom is -0.492 e. The van der Waals surface area contributed by atoms with Gasteiger partial charge in [0.25, 0.3) is 0 Å². The molecule has 1 aromatic rings. The van der Waals surface area contributed by atoms with Crippen LogP contribution in [0.5, 0.6) is 5.75 Å². The van der Waals surface area contributed by atoms with Gasteiger partial charge in [0, 0.05) is 0 Å². The maximum Gasteiger partial charge on any atom is 0.220 e. The van der Waals surface area contributed by atoms with Gasteiger partial charge in [-0.3, -0.25) is 4.79 Å². The molecular formula is C10H9ClN2O2. The van der Waals surface area contributed by atoms with E-state index >= 15 is 0 Å². The van der Waals surface area contributed by atoms with Crippen molar-refractivity contribution in [3.8, 4) is 11.8 Å². The fourth-order valence-electron chi connectivity index (χ4n) is 0.995. The molecule has 0 saturated heterocycles. The van der Waals surface area contributed by atoms with Crippen molar-refractivity contribution in [3.63, 3.8) is 0 Å². The molecule has 0 atom stereocenters. The Kier molecular flexibility index (Phi) is 3.95. The van der Waals surface area contributed by atoms with Gasteiger partial charge >= 0.3 is 0 Å². The van der Waals surface area contributed by atoms with E-state index in [1.165, 1.54) is 0 Å². The van der Waals surface area contributed by atoms with E-state index in [0.717, 1.165) is 0 Å². The average molecular weight is 225 g/mol. The van der Waals surface area contributed by atoms with Crippen molar-refractivity contribution in [2.45, 2.75) is 6.42 Å². The van der Waals surface area contributed by atoms with Crippen LogP contribution < -0.4 is 10.5 Å². The molecular weight excluding hydrogens is 216 g/mol. The van der Waals surface area contributed by atoms with Crippen molar-refractivity contribution >= 4 is 17.5 Å². The van der Waals surface area contributed by atoms with E-state index < -0.39 is 5.91 Å². The van der Waals surface area contributed by atoms with Crippen LogP contribution in [-0.2, 0) is 4.79 Å². The first kappa shape index (κ1) is 11.3. The van der Waals surface area contributed by atoms with Gasteiger partial charge in [-0.25, -0.2) is 0 Å². The molecule has 0 spiro atoms. The Morgan fingerprint density at radius 1 is 1.60 bits per heavy atom. The number of carbonyl (C=O) groups is 1. The highest BCUT2D eigenvalue weighted by atomic mass is 35.5. The highest BCUT2D eigenvalue weighted by Gasteiger charge is 2.07. The van der Waals surface area contributed by atoms with Gasteiger partial charge in [-0.2, -0.15) is 5.26 Å². The summed E-state index contributed by atoms with van der Waals surface area (Å²) in [6, 6.07) is 6.81. The second-order valence-electron chi connectivity index (χ2n) is 2.79. The Morgan fingerprint density at radius 2 is 2.33 bits per heavy atom. The first-order valence-electron chi connectivity index (χ1n) is 4.25. The fraction of sp³-hybridized carbons (Fsp3) is 0.200. The van der Waals surface area contributed by atoms with Crippen LogP contribution in [0.1, 0.15) is 12.0 Å². The lowest BCUT2D eigenvalue weighted by molar-refractivity contribution is -0.118. The number of hydrogen-bond acceptors (Lipinski definition) is 3. The third-order valence-corrected chi connectivity index (χ3v) is 2.01. The topological polar surface area (TPSA) is 76.1 Å². The molecule has 0 unspecified atom stereocenters. The predicted octanol–water partition coefficient (Wildman–Crippen LogP) is 1.47. The van der Waals surface area contributed by atoms with Crippen molar-refractivity contribution in [3.05, 3.63) is 28.8 Å². The number of ether oxygens (including phenoxy) is 1. The van der Waals surface area contributed by atoms with Crippen LogP contribution in [0, 0.1) is 11.3 Å². The van der Waals surface area contributed by atoms with E-state index in [1.54, 1.807) is 18.2 Å². The predicted molar refractivity (Wildman–Crippen MR) is 55.5 cm³/mol. The van der Waals surface area contributed by atoms with Crippen molar-refractivity contribution in [2.24, 2.45) is 5.73 Å². The van der Waals surface area contributed by atoms with Crippen LogP contribution >= 0.6 is 11.6 Å². The summed E-state index contributed by atoms with van der Waals surface area (Å²) in [6.07, 6.45) is 0.109. The van der Waals surface area contributed by atoms with E-state index in [2.05, 4.69) is 0 Å². The lowest BCUT2D eigenvalue weighted by Crippen LogP contribution is -2.14. The lowest BCUT2D eigenvalue weighted by Gasteiger charge is -2.06. The molecule has 15 heavy (non-hydrogen) atoms. The first-order chi connectivity index (χ1) is 7.15. The molecule has 0 heterocycles. The summed E-state index contributed by atoms with van der Waals surface area (Å²) in [7, 11) is 0. The van der Waals surface area contributed by atoms with Gasteiger partial charge in [0.1, 0.15) is 17.4 Å².